The van der Waals surface area contributed by atoms with Crippen LogP contribution in [0.4, 0.5) is 0 Å². The second-order valence-corrected chi connectivity index (χ2v) is 4.27. The Balaban J connectivity index is 2.40. The zero-order valence-electron chi connectivity index (χ0n) is 10.4. The maximum atomic E-state index is 11.6. The Morgan fingerprint density at radius 3 is 2.65 bits per heavy atom. The molecule has 5 nitrogen and oxygen atoms in total. The third-order valence-corrected chi connectivity index (χ3v) is 2.22. The summed E-state index contributed by atoms with van der Waals surface area (Å²) in [6.07, 6.45) is 1.38. The van der Waals surface area contributed by atoms with Crippen LogP contribution in [0.25, 0.3) is 0 Å². The minimum Gasteiger partial charge on any atom is -0.506 e. The molecule has 1 aromatic heterocycles. The van der Waals surface area contributed by atoms with E-state index in [0.29, 0.717) is 6.54 Å². The quantitative estimate of drug-likeness (QED) is 0.708. The lowest BCUT2D eigenvalue weighted by Gasteiger charge is -2.15. The minimum absolute atomic E-state index is 0.0289. The van der Waals surface area contributed by atoms with Gasteiger partial charge in [0.05, 0.1) is 17.9 Å². The molecular formula is C12H19N3O2. The predicted molar refractivity (Wildman–Crippen MR) is 65.5 cm³/mol. The number of pyridine rings is 1. The number of hydrogen-bond donors (Lipinski definition) is 3. The van der Waals surface area contributed by atoms with Gasteiger partial charge in [0.1, 0.15) is 5.75 Å². The third-order valence-electron chi connectivity index (χ3n) is 2.22. The van der Waals surface area contributed by atoms with Gasteiger partial charge in [-0.2, -0.15) is 0 Å². The summed E-state index contributed by atoms with van der Waals surface area (Å²) < 4.78 is 0. The average Bonchev–Trinajstić information content (AvgIpc) is 2.27. The van der Waals surface area contributed by atoms with Crippen molar-refractivity contribution in [3.63, 3.8) is 0 Å². The zero-order chi connectivity index (χ0) is 12.8. The molecule has 0 spiro atoms. The second kappa shape index (κ2) is 6.20. The Bertz CT molecular complexity index is 363. The number of carbonyl (C=O) groups excluding carboxylic acids is 1. The van der Waals surface area contributed by atoms with Gasteiger partial charge in [0.25, 0.3) is 0 Å². The van der Waals surface area contributed by atoms with Crippen LogP contribution in [0.5, 0.6) is 5.75 Å². The lowest BCUT2D eigenvalue weighted by atomic mass is 10.2. The van der Waals surface area contributed by atoms with Gasteiger partial charge in [-0.05, 0) is 32.9 Å². The highest BCUT2D eigenvalue weighted by Gasteiger charge is 2.12. The van der Waals surface area contributed by atoms with Crippen LogP contribution in [0, 0.1) is 0 Å². The molecule has 1 atom stereocenters. The van der Waals surface area contributed by atoms with E-state index >= 15 is 0 Å². The van der Waals surface area contributed by atoms with E-state index in [1.807, 2.05) is 13.8 Å². The molecule has 0 radical (unpaired) electrons. The van der Waals surface area contributed by atoms with E-state index in [1.54, 1.807) is 19.1 Å². The number of rotatable bonds is 5. The first-order valence-electron chi connectivity index (χ1n) is 5.66. The fraction of sp³-hybridized carbons (Fsp3) is 0.500. The highest BCUT2D eigenvalue weighted by Crippen LogP contribution is 2.05. The fourth-order valence-electron chi connectivity index (χ4n) is 1.28. The molecule has 0 aliphatic rings. The van der Waals surface area contributed by atoms with Gasteiger partial charge in [-0.1, -0.05) is 0 Å². The van der Waals surface area contributed by atoms with Crippen LogP contribution in [0.15, 0.2) is 18.3 Å². The predicted octanol–water partition coefficient (Wildman–Crippen LogP) is 0.790. The number of carbonyl (C=O) groups is 1. The monoisotopic (exact) mass is 237 g/mol. The molecule has 94 valence electrons. The molecule has 3 N–H and O–H groups in total. The molecule has 0 aromatic carbocycles. The molecule has 0 saturated heterocycles. The minimum atomic E-state index is -0.270. The van der Waals surface area contributed by atoms with Gasteiger partial charge in [-0.3, -0.25) is 9.78 Å². The standard InChI is InChI=1S/C12H19N3O2/c1-8(2)15-12(17)9(3)13-6-10-4-5-11(16)7-14-10/h4-5,7-9,13,16H,6H2,1-3H3,(H,15,17). The van der Waals surface area contributed by atoms with Crippen LogP contribution in [-0.2, 0) is 11.3 Å². The van der Waals surface area contributed by atoms with E-state index in [-0.39, 0.29) is 23.7 Å². The topological polar surface area (TPSA) is 74.2 Å². The highest BCUT2D eigenvalue weighted by atomic mass is 16.3. The number of amides is 1. The van der Waals surface area contributed by atoms with Crippen molar-refractivity contribution in [1.29, 1.82) is 0 Å². The molecule has 1 aromatic rings. The summed E-state index contributed by atoms with van der Waals surface area (Å²) in [5.74, 6) is 0.109. The van der Waals surface area contributed by atoms with E-state index in [2.05, 4.69) is 15.6 Å². The summed E-state index contributed by atoms with van der Waals surface area (Å²) in [4.78, 5) is 15.6. The van der Waals surface area contributed by atoms with Crippen LogP contribution in [0.2, 0.25) is 0 Å². The second-order valence-electron chi connectivity index (χ2n) is 4.27. The van der Waals surface area contributed by atoms with E-state index in [9.17, 15) is 4.79 Å². The van der Waals surface area contributed by atoms with Gasteiger partial charge in [0.2, 0.25) is 5.91 Å². The average molecular weight is 237 g/mol. The first-order chi connectivity index (χ1) is 7.99. The van der Waals surface area contributed by atoms with Gasteiger partial charge >= 0.3 is 0 Å². The van der Waals surface area contributed by atoms with Gasteiger partial charge in [-0.15, -0.1) is 0 Å². The summed E-state index contributed by atoms with van der Waals surface area (Å²) in [5.41, 5.74) is 0.784. The molecule has 0 aliphatic carbocycles. The largest absolute Gasteiger partial charge is 0.506 e. The van der Waals surface area contributed by atoms with E-state index in [1.165, 1.54) is 6.20 Å². The molecule has 0 aliphatic heterocycles. The Labute approximate surface area is 101 Å². The summed E-state index contributed by atoms with van der Waals surface area (Å²) >= 11 is 0. The number of hydrogen-bond acceptors (Lipinski definition) is 4. The van der Waals surface area contributed by atoms with Gasteiger partial charge < -0.3 is 15.7 Å². The molecule has 1 heterocycles. The van der Waals surface area contributed by atoms with Crippen molar-refractivity contribution in [3.8, 4) is 5.75 Å². The molecule has 1 rings (SSSR count). The van der Waals surface area contributed by atoms with Crippen LogP contribution < -0.4 is 10.6 Å². The number of nitrogens with zero attached hydrogens (tertiary/aromatic N) is 1. The lowest BCUT2D eigenvalue weighted by Crippen LogP contribution is -2.44. The zero-order valence-corrected chi connectivity index (χ0v) is 10.4. The molecule has 0 saturated carbocycles. The van der Waals surface area contributed by atoms with Crippen molar-refractivity contribution in [2.45, 2.75) is 39.4 Å². The van der Waals surface area contributed by atoms with Crippen molar-refractivity contribution in [3.05, 3.63) is 24.0 Å². The normalized spacial score (nSPS) is 12.5. The smallest absolute Gasteiger partial charge is 0.237 e. The van der Waals surface area contributed by atoms with Crippen LogP contribution in [0.3, 0.4) is 0 Å². The Hall–Kier alpha value is -1.62. The SMILES string of the molecule is CC(C)NC(=O)C(C)NCc1ccc(O)cn1. The first kappa shape index (κ1) is 13.4. The van der Waals surface area contributed by atoms with Gasteiger partial charge in [-0.25, -0.2) is 0 Å². The molecule has 0 fully saturated rings. The summed E-state index contributed by atoms with van der Waals surface area (Å²) in [6, 6.07) is 3.16. The van der Waals surface area contributed by atoms with Crippen LogP contribution in [0.1, 0.15) is 26.5 Å². The van der Waals surface area contributed by atoms with Crippen molar-refractivity contribution in [2.24, 2.45) is 0 Å². The molecular weight excluding hydrogens is 218 g/mol. The van der Waals surface area contributed by atoms with Gasteiger partial charge in [0, 0.05) is 12.6 Å². The highest BCUT2D eigenvalue weighted by molar-refractivity contribution is 5.81. The number of aromatic nitrogens is 1. The third kappa shape index (κ3) is 4.82. The first-order valence-corrected chi connectivity index (χ1v) is 5.66. The molecule has 1 amide bonds. The van der Waals surface area contributed by atoms with Crippen molar-refractivity contribution in [1.82, 2.24) is 15.6 Å². The summed E-state index contributed by atoms with van der Waals surface area (Å²) in [6.45, 7) is 6.14. The summed E-state index contributed by atoms with van der Waals surface area (Å²) in [7, 11) is 0. The number of aromatic hydroxyl groups is 1. The Kier molecular flexibility index (Phi) is 4.90. The van der Waals surface area contributed by atoms with Gasteiger partial charge in [0.15, 0.2) is 0 Å². The van der Waals surface area contributed by atoms with E-state index < -0.39 is 0 Å². The van der Waals surface area contributed by atoms with Crippen molar-refractivity contribution in [2.75, 3.05) is 0 Å². The van der Waals surface area contributed by atoms with E-state index in [4.69, 9.17) is 5.11 Å². The Morgan fingerprint density at radius 1 is 1.41 bits per heavy atom. The maximum absolute atomic E-state index is 11.6. The van der Waals surface area contributed by atoms with Crippen molar-refractivity contribution >= 4 is 5.91 Å². The van der Waals surface area contributed by atoms with Crippen LogP contribution in [-0.4, -0.2) is 28.1 Å². The molecule has 1 unspecified atom stereocenters. The van der Waals surface area contributed by atoms with Crippen LogP contribution >= 0.6 is 0 Å². The molecule has 17 heavy (non-hydrogen) atoms. The molecule has 0 bridgehead atoms. The molecule has 5 heteroatoms. The lowest BCUT2D eigenvalue weighted by molar-refractivity contribution is -0.123. The number of nitrogens with one attached hydrogen (secondary N) is 2. The summed E-state index contributed by atoms with van der Waals surface area (Å²) in [5, 5.41) is 15.0. The maximum Gasteiger partial charge on any atom is 0.237 e. The van der Waals surface area contributed by atoms with Crippen molar-refractivity contribution < 1.29 is 9.90 Å². The Morgan fingerprint density at radius 2 is 2.12 bits per heavy atom. The van der Waals surface area contributed by atoms with E-state index in [0.717, 1.165) is 5.69 Å². The fourth-order valence-corrected chi connectivity index (χ4v) is 1.28.